The lowest BCUT2D eigenvalue weighted by Gasteiger charge is -2.14. The van der Waals surface area contributed by atoms with Crippen molar-refractivity contribution in [2.45, 2.75) is 12.8 Å². The third kappa shape index (κ3) is 4.46. The molecule has 5 aromatic carbocycles. The van der Waals surface area contributed by atoms with Gasteiger partial charge in [-0.1, -0.05) is 121 Å². The Morgan fingerprint density at radius 2 is 1.26 bits per heavy atom. The van der Waals surface area contributed by atoms with Gasteiger partial charge in [-0.05, 0) is 53.1 Å². The Morgan fingerprint density at radius 3 is 2.11 bits per heavy atom. The fourth-order valence-electron chi connectivity index (χ4n) is 6.72. The SMILES string of the molecule is C1=CCCC(c2ccc(-c3nc(-c4ccc(-c5c6ccccc6nc6c5ccc5ccccc56)cc4)nc4ncccc34)cc2)=C1. The number of nitrogens with zero attached hydrogens (tertiary/aromatic N) is 4. The van der Waals surface area contributed by atoms with E-state index in [0.29, 0.717) is 11.5 Å². The standard InChI is InChI=1S/C42H28N4/c1-2-9-27(10-3-1)28-16-20-31(21-17-28)39-36-14-8-26-43-42(36)46-41(45-39)32-22-18-30(19-23-32)38-34-13-6-7-15-37(34)44-40-33-12-5-4-11-29(33)24-25-35(38)40/h1-2,4-9,11-26H,3,10H2. The van der Waals surface area contributed by atoms with E-state index < -0.39 is 0 Å². The van der Waals surface area contributed by atoms with Gasteiger partial charge in [-0.3, -0.25) is 0 Å². The summed E-state index contributed by atoms with van der Waals surface area (Å²) in [4.78, 5) is 19.8. The molecule has 0 radical (unpaired) electrons. The molecule has 0 saturated carbocycles. The monoisotopic (exact) mass is 588 g/mol. The van der Waals surface area contributed by atoms with E-state index in [-0.39, 0.29) is 0 Å². The third-order valence-electron chi connectivity index (χ3n) is 9.02. The highest BCUT2D eigenvalue weighted by Gasteiger charge is 2.16. The van der Waals surface area contributed by atoms with Crippen molar-refractivity contribution in [3.8, 4) is 33.8 Å². The summed E-state index contributed by atoms with van der Waals surface area (Å²) in [6.07, 6.45) is 10.5. The van der Waals surface area contributed by atoms with Crippen molar-refractivity contribution in [1.82, 2.24) is 19.9 Å². The van der Waals surface area contributed by atoms with E-state index >= 15 is 0 Å². The molecule has 9 rings (SSSR count). The highest BCUT2D eigenvalue weighted by atomic mass is 14.9. The van der Waals surface area contributed by atoms with Crippen molar-refractivity contribution >= 4 is 49.2 Å². The molecule has 0 N–H and O–H groups in total. The van der Waals surface area contributed by atoms with Crippen LogP contribution in [-0.4, -0.2) is 19.9 Å². The number of rotatable bonds is 4. The molecule has 0 atom stereocenters. The number of fused-ring (bicyclic) bond motifs is 5. The number of para-hydroxylation sites is 1. The molecule has 0 fully saturated rings. The summed E-state index contributed by atoms with van der Waals surface area (Å²) in [6.45, 7) is 0. The third-order valence-corrected chi connectivity index (χ3v) is 9.02. The molecule has 1 aliphatic rings. The van der Waals surface area contributed by atoms with Gasteiger partial charge in [-0.15, -0.1) is 0 Å². The summed E-state index contributed by atoms with van der Waals surface area (Å²) in [7, 11) is 0. The van der Waals surface area contributed by atoms with Crippen LogP contribution in [0.2, 0.25) is 0 Å². The van der Waals surface area contributed by atoms with E-state index in [1.807, 2.05) is 6.07 Å². The van der Waals surface area contributed by atoms with Gasteiger partial charge >= 0.3 is 0 Å². The maximum Gasteiger partial charge on any atom is 0.163 e. The molecule has 0 aliphatic heterocycles. The Balaban J connectivity index is 1.16. The van der Waals surface area contributed by atoms with Crippen LogP contribution in [0.15, 0.2) is 146 Å². The van der Waals surface area contributed by atoms with Gasteiger partial charge in [0, 0.05) is 44.4 Å². The molecule has 1 aliphatic carbocycles. The normalized spacial score (nSPS) is 13.1. The number of pyridine rings is 2. The minimum atomic E-state index is 0.660. The smallest absolute Gasteiger partial charge is 0.163 e. The first-order valence-corrected chi connectivity index (χ1v) is 15.7. The van der Waals surface area contributed by atoms with Crippen molar-refractivity contribution in [2.75, 3.05) is 0 Å². The van der Waals surface area contributed by atoms with Crippen molar-refractivity contribution in [2.24, 2.45) is 0 Å². The molecule has 0 saturated heterocycles. The predicted molar refractivity (Wildman–Crippen MR) is 190 cm³/mol. The summed E-state index contributed by atoms with van der Waals surface area (Å²) >= 11 is 0. The summed E-state index contributed by atoms with van der Waals surface area (Å²) in [5, 5.41) is 5.57. The molecule has 0 amide bonds. The molecule has 4 nitrogen and oxygen atoms in total. The molecule has 3 heterocycles. The van der Waals surface area contributed by atoms with E-state index in [1.165, 1.54) is 22.1 Å². The van der Waals surface area contributed by atoms with Crippen LogP contribution in [0.1, 0.15) is 18.4 Å². The second-order valence-electron chi connectivity index (χ2n) is 11.8. The predicted octanol–water partition coefficient (Wildman–Crippen LogP) is 10.6. The summed E-state index contributed by atoms with van der Waals surface area (Å²) in [5.74, 6) is 0.660. The zero-order chi connectivity index (χ0) is 30.5. The number of hydrogen-bond donors (Lipinski definition) is 0. The highest BCUT2D eigenvalue weighted by molar-refractivity contribution is 6.16. The fraction of sp³-hybridized carbons (Fsp3) is 0.0476. The van der Waals surface area contributed by atoms with Gasteiger partial charge in [0.25, 0.3) is 0 Å². The lowest BCUT2D eigenvalue weighted by atomic mass is 9.93. The molecule has 4 heteroatoms. The maximum atomic E-state index is 5.13. The van der Waals surface area contributed by atoms with E-state index in [1.54, 1.807) is 6.20 Å². The van der Waals surface area contributed by atoms with Gasteiger partial charge in [0.1, 0.15) is 0 Å². The van der Waals surface area contributed by atoms with Crippen LogP contribution in [0.4, 0.5) is 0 Å². The molecule has 3 aromatic heterocycles. The first-order valence-electron chi connectivity index (χ1n) is 15.7. The average molecular weight is 589 g/mol. The van der Waals surface area contributed by atoms with Gasteiger partial charge in [0.2, 0.25) is 0 Å². The first-order chi connectivity index (χ1) is 22.8. The minimum absolute atomic E-state index is 0.660. The zero-order valence-corrected chi connectivity index (χ0v) is 25.1. The molecule has 0 unspecified atom stereocenters. The quantitative estimate of drug-likeness (QED) is 0.152. The van der Waals surface area contributed by atoms with E-state index in [2.05, 4.69) is 138 Å². The van der Waals surface area contributed by atoms with Crippen LogP contribution in [0.3, 0.4) is 0 Å². The van der Waals surface area contributed by atoms with Crippen LogP contribution < -0.4 is 0 Å². The van der Waals surface area contributed by atoms with Crippen molar-refractivity contribution in [1.29, 1.82) is 0 Å². The average Bonchev–Trinajstić information content (AvgIpc) is 3.14. The van der Waals surface area contributed by atoms with Gasteiger partial charge in [-0.25, -0.2) is 19.9 Å². The highest BCUT2D eigenvalue weighted by Crippen LogP contribution is 2.38. The Bertz CT molecular complexity index is 2510. The number of allylic oxidation sites excluding steroid dienone is 4. The molecule has 0 bridgehead atoms. The second kappa shape index (κ2) is 10.9. The Morgan fingerprint density at radius 1 is 0.522 bits per heavy atom. The van der Waals surface area contributed by atoms with Gasteiger partial charge in [0.15, 0.2) is 11.5 Å². The van der Waals surface area contributed by atoms with Crippen LogP contribution in [-0.2, 0) is 0 Å². The molecular formula is C42H28N4. The minimum Gasteiger partial charge on any atom is -0.247 e. The topological polar surface area (TPSA) is 51.6 Å². The summed E-state index contributed by atoms with van der Waals surface area (Å²) in [5.41, 5.74) is 10.5. The van der Waals surface area contributed by atoms with Crippen LogP contribution in [0.5, 0.6) is 0 Å². The number of benzene rings is 5. The van der Waals surface area contributed by atoms with E-state index in [0.717, 1.165) is 67.8 Å². The van der Waals surface area contributed by atoms with Crippen molar-refractivity contribution < 1.29 is 0 Å². The molecule has 46 heavy (non-hydrogen) atoms. The maximum absolute atomic E-state index is 5.13. The van der Waals surface area contributed by atoms with Crippen LogP contribution >= 0.6 is 0 Å². The van der Waals surface area contributed by atoms with E-state index in [9.17, 15) is 0 Å². The van der Waals surface area contributed by atoms with Crippen LogP contribution in [0, 0.1) is 0 Å². The molecule has 8 aromatic rings. The van der Waals surface area contributed by atoms with Crippen molar-refractivity contribution in [3.05, 3.63) is 151 Å². The fourth-order valence-corrected chi connectivity index (χ4v) is 6.72. The molecular weight excluding hydrogens is 560 g/mol. The first kappa shape index (κ1) is 26.4. The Hall–Kier alpha value is -6.00. The molecule has 216 valence electrons. The zero-order valence-electron chi connectivity index (χ0n) is 25.1. The van der Waals surface area contributed by atoms with Gasteiger partial charge in [-0.2, -0.15) is 0 Å². The summed E-state index contributed by atoms with van der Waals surface area (Å²) < 4.78 is 0. The molecule has 0 spiro atoms. The van der Waals surface area contributed by atoms with Crippen molar-refractivity contribution in [3.63, 3.8) is 0 Å². The van der Waals surface area contributed by atoms with Gasteiger partial charge < -0.3 is 0 Å². The number of hydrogen-bond acceptors (Lipinski definition) is 4. The summed E-state index contributed by atoms with van der Waals surface area (Å²) in [6, 6.07) is 42.6. The van der Waals surface area contributed by atoms with Crippen LogP contribution in [0.25, 0.3) is 83.0 Å². The van der Waals surface area contributed by atoms with E-state index in [4.69, 9.17) is 15.0 Å². The lowest BCUT2D eigenvalue weighted by molar-refractivity contribution is 1.05. The largest absolute Gasteiger partial charge is 0.247 e. The lowest BCUT2D eigenvalue weighted by Crippen LogP contribution is -1.97. The Labute approximate surface area is 266 Å². The second-order valence-corrected chi connectivity index (χ2v) is 11.8. The van der Waals surface area contributed by atoms with Gasteiger partial charge in [0.05, 0.1) is 16.7 Å². The number of aromatic nitrogens is 4. The Kier molecular flexibility index (Phi) is 6.24.